The van der Waals surface area contributed by atoms with Crippen LogP contribution in [-0.4, -0.2) is 62.0 Å². The van der Waals surface area contributed by atoms with Crippen molar-refractivity contribution in [2.24, 2.45) is 5.92 Å². The topological polar surface area (TPSA) is 64.4 Å². The van der Waals surface area contributed by atoms with Crippen molar-refractivity contribution in [3.8, 4) is 6.07 Å². The summed E-state index contributed by atoms with van der Waals surface area (Å²) >= 11 is 5.66. The fraction of sp³-hybridized carbons (Fsp3) is 0.909. The van der Waals surface area contributed by atoms with Crippen LogP contribution in [-0.2, 0) is 10.0 Å². The molecule has 1 heterocycles. The SMILES string of the molecule is CC(CCl)CS(=O)(=O)N1CCN(CCC#N)CC1. The lowest BCUT2D eigenvalue weighted by Gasteiger charge is -2.33. The highest BCUT2D eigenvalue weighted by molar-refractivity contribution is 7.89. The summed E-state index contributed by atoms with van der Waals surface area (Å²) < 4.78 is 25.7. The molecule has 1 fully saturated rings. The number of hydrogen-bond acceptors (Lipinski definition) is 4. The molecule has 0 aromatic heterocycles. The van der Waals surface area contributed by atoms with E-state index in [0.717, 1.165) is 6.54 Å². The van der Waals surface area contributed by atoms with Gasteiger partial charge >= 0.3 is 0 Å². The largest absolute Gasteiger partial charge is 0.300 e. The highest BCUT2D eigenvalue weighted by atomic mass is 35.5. The molecule has 0 aromatic rings. The molecule has 0 N–H and O–H groups in total. The van der Waals surface area contributed by atoms with E-state index in [1.54, 1.807) is 4.31 Å². The van der Waals surface area contributed by atoms with E-state index in [2.05, 4.69) is 11.0 Å². The number of alkyl halides is 1. The summed E-state index contributed by atoms with van der Waals surface area (Å²) in [6, 6.07) is 2.10. The van der Waals surface area contributed by atoms with Crippen LogP contribution in [0.4, 0.5) is 0 Å². The quantitative estimate of drug-likeness (QED) is 0.677. The zero-order valence-corrected chi connectivity index (χ0v) is 12.3. The molecule has 18 heavy (non-hydrogen) atoms. The van der Waals surface area contributed by atoms with Crippen LogP contribution in [0.1, 0.15) is 13.3 Å². The van der Waals surface area contributed by atoms with Gasteiger partial charge in [0.25, 0.3) is 0 Å². The first-order chi connectivity index (χ1) is 8.49. The summed E-state index contributed by atoms with van der Waals surface area (Å²) in [7, 11) is -3.18. The Morgan fingerprint density at radius 2 is 1.94 bits per heavy atom. The fourth-order valence-corrected chi connectivity index (χ4v) is 3.95. The van der Waals surface area contributed by atoms with Crippen LogP contribution in [0.25, 0.3) is 0 Å². The Labute approximate surface area is 114 Å². The molecule has 1 unspecified atom stereocenters. The van der Waals surface area contributed by atoms with E-state index in [0.29, 0.717) is 38.5 Å². The van der Waals surface area contributed by atoms with Gasteiger partial charge in [-0.3, -0.25) is 4.90 Å². The van der Waals surface area contributed by atoms with E-state index in [1.807, 2.05) is 6.92 Å². The molecule has 0 aliphatic carbocycles. The second-order valence-corrected chi connectivity index (χ2v) is 7.01. The lowest BCUT2D eigenvalue weighted by atomic mass is 10.3. The van der Waals surface area contributed by atoms with Crippen LogP contribution in [0, 0.1) is 17.2 Å². The summed E-state index contributed by atoms with van der Waals surface area (Å²) in [6.45, 7) is 5.01. The summed E-state index contributed by atoms with van der Waals surface area (Å²) in [5.41, 5.74) is 0. The minimum absolute atomic E-state index is 0.0201. The van der Waals surface area contributed by atoms with Gasteiger partial charge in [0.05, 0.1) is 11.8 Å². The maximum Gasteiger partial charge on any atom is 0.214 e. The van der Waals surface area contributed by atoms with Crippen molar-refractivity contribution in [1.29, 1.82) is 5.26 Å². The number of sulfonamides is 1. The van der Waals surface area contributed by atoms with Gasteiger partial charge in [-0.15, -0.1) is 11.6 Å². The van der Waals surface area contributed by atoms with Crippen molar-refractivity contribution in [2.75, 3.05) is 44.4 Å². The van der Waals surface area contributed by atoms with E-state index in [9.17, 15) is 8.42 Å². The predicted octanol–water partition coefficient (Wildman–Crippen LogP) is 0.722. The average Bonchev–Trinajstić information content (AvgIpc) is 2.36. The third-order valence-electron chi connectivity index (χ3n) is 3.02. The first-order valence-electron chi connectivity index (χ1n) is 6.12. The van der Waals surface area contributed by atoms with E-state index < -0.39 is 10.0 Å². The third-order valence-corrected chi connectivity index (χ3v) is 5.69. The Bertz CT molecular complexity index is 386. The maximum atomic E-state index is 12.1. The van der Waals surface area contributed by atoms with Crippen molar-refractivity contribution >= 4 is 21.6 Å². The van der Waals surface area contributed by atoms with Gasteiger partial charge in [-0.25, -0.2) is 8.42 Å². The monoisotopic (exact) mass is 293 g/mol. The number of piperazine rings is 1. The van der Waals surface area contributed by atoms with E-state index >= 15 is 0 Å². The molecular weight excluding hydrogens is 274 g/mol. The summed E-state index contributed by atoms with van der Waals surface area (Å²) in [5.74, 6) is 0.462. The first-order valence-corrected chi connectivity index (χ1v) is 8.27. The normalized spacial score (nSPS) is 20.5. The van der Waals surface area contributed by atoms with Gasteiger partial charge in [0.1, 0.15) is 0 Å². The Kier molecular flexibility index (Phi) is 6.36. The molecule has 5 nitrogen and oxygen atoms in total. The Morgan fingerprint density at radius 3 is 2.44 bits per heavy atom. The zero-order chi connectivity index (χ0) is 13.6. The number of hydrogen-bond donors (Lipinski definition) is 0. The van der Waals surface area contributed by atoms with Crippen LogP contribution in [0.15, 0.2) is 0 Å². The van der Waals surface area contributed by atoms with E-state index in [1.165, 1.54) is 0 Å². The Balaban J connectivity index is 2.44. The van der Waals surface area contributed by atoms with Crippen molar-refractivity contribution in [3.63, 3.8) is 0 Å². The molecule has 0 amide bonds. The number of halogens is 1. The minimum Gasteiger partial charge on any atom is -0.300 e. The molecule has 0 saturated carbocycles. The number of nitriles is 1. The molecule has 0 radical (unpaired) electrons. The molecule has 0 bridgehead atoms. The average molecular weight is 294 g/mol. The van der Waals surface area contributed by atoms with Crippen LogP contribution < -0.4 is 0 Å². The molecule has 7 heteroatoms. The van der Waals surface area contributed by atoms with Crippen molar-refractivity contribution < 1.29 is 8.42 Å². The Hall–Kier alpha value is -0.350. The van der Waals surface area contributed by atoms with Gasteiger partial charge in [-0.2, -0.15) is 9.57 Å². The van der Waals surface area contributed by atoms with Crippen molar-refractivity contribution in [3.05, 3.63) is 0 Å². The second-order valence-electron chi connectivity index (χ2n) is 4.69. The number of nitrogens with zero attached hydrogens (tertiary/aromatic N) is 3. The van der Waals surface area contributed by atoms with Gasteiger partial charge in [0, 0.05) is 45.0 Å². The van der Waals surface area contributed by atoms with Gasteiger partial charge < -0.3 is 0 Å². The zero-order valence-electron chi connectivity index (χ0n) is 10.7. The van der Waals surface area contributed by atoms with Crippen molar-refractivity contribution in [2.45, 2.75) is 13.3 Å². The molecule has 1 rings (SSSR count). The molecule has 0 spiro atoms. The molecule has 1 atom stereocenters. The van der Waals surface area contributed by atoms with E-state index in [-0.39, 0.29) is 11.7 Å². The molecule has 104 valence electrons. The van der Waals surface area contributed by atoms with Gasteiger partial charge in [0.15, 0.2) is 0 Å². The van der Waals surface area contributed by atoms with Gasteiger partial charge in [-0.1, -0.05) is 6.92 Å². The standard InChI is InChI=1S/C11H20ClN3O2S/c1-11(9-12)10-18(16,17)15-7-5-14(6-8-15)4-2-3-13/h11H,2,4-10H2,1H3. The maximum absolute atomic E-state index is 12.1. The van der Waals surface area contributed by atoms with Gasteiger partial charge in [-0.05, 0) is 5.92 Å². The van der Waals surface area contributed by atoms with Crippen LogP contribution in [0.3, 0.4) is 0 Å². The second kappa shape index (κ2) is 7.29. The van der Waals surface area contributed by atoms with Crippen molar-refractivity contribution in [1.82, 2.24) is 9.21 Å². The molecule has 1 aliphatic rings. The fourth-order valence-electron chi connectivity index (χ4n) is 1.95. The van der Waals surface area contributed by atoms with E-state index in [4.69, 9.17) is 16.9 Å². The molecule has 1 aliphatic heterocycles. The molecular formula is C11H20ClN3O2S. The third kappa shape index (κ3) is 4.73. The van der Waals surface area contributed by atoms with Crippen LogP contribution in [0.2, 0.25) is 0 Å². The highest BCUT2D eigenvalue weighted by Gasteiger charge is 2.27. The summed E-state index contributed by atoms with van der Waals surface area (Å²) in [6.07, 6.45) is 0.496. The summed E-state index contributed by atoms with van der Waals surface area (Å²) in [5, 5.41) is 8.51. The first kappa shape index (κ1) is 15.7. The molecule has 1 saturated heterocycles. The summed E-state index contributed by atoms with van der Waals surface area (Å²) in [4.78, 5) is 2.13. The minimum atomic E-state index is -3.18. The smallest absolute Gasteiger partial charge is 0.214 e. The van der Waals surface area contributed by atoms with Crippen LogP contribution in [0.5, 0.6) is 0 Å². The number of rotatable bonds is 6. The lowest BCUT2D eigenvalue weighted by Crippen LogP contribution is -2.49. The van der Waals surface area contributed by atoms with Crippen LogP contribution >= 0.6 is 11.6 Å². The van der Waals surface area contributed by atoms with Gasteiger partial charge in [0.2, 0.25) is 10.0 Å². The molecule has 0 aromatic carbocycles. The lowest BCUT2D eigenvalue weighted by molar-refractivity contribution is 0.191. The Morgan fingerprint density at radius 1 is 1.33 bits per heavy atom. The highest BCUT2D eigenvalue weighted by Crippen LogP contribution is 2.12. The predicted molar refractivity (Wildman–Crippen MR) is 71.9 cm³/mol.